The monoisotopic (exact) mass is 343 g/mol. The van der Waals surface area contributed by atoms with Gasteiger partial charge in [0.2, 0.25) is 0 Å². The molecule has 0 saturated heterocycles. The molecule has 0 fully saturated rings. The predicted octanol–water partition coefficient (Wildman–Crippen LogP) is 3.90. The van der Waals surface area contributed by atoms with E-state index in [-0.39, 0.29) is 11.6 Å². The maximum Gasteiger partial charge on any atom is 0.328 e. The van der Waals surface area contributed by atoms with Gasteiger partial charge in [0.15, 0.2) is 11.5 Å². The molecule has 5 nitrogen and oxygen atoms in total. The number of carboxylic acids is 1. The molecule has 0 spiro atoms. The van der Waals surface area contributed by atoms with Gasteiger partial charge in [0.1, 0.15) is 6.61 Å². The number of ether oxygens (including phenoxy) is 2. The number of hydrogen-bond acceptors (Lipinski definition) is 4. The molecule has 2 aromatic carbocycles. The Morgan fingerprint density at radius 1 is 1.38 bits per heavy atom. The van der Waals surface area contributed by atoms with E-state index in [9.17, 15) is 4.79 Å². The zero-order valence-corrected chi connectivity index (χ0v) is 13.6. The minimum Gasteiger partial charge on any atom is -0.493 e. The van der Waals surface area contributed by atoms with Crippen LogP contribution in [0.1, 0.15) is 16.7 Å². The second-order valence-electron chi connectivity index (χ2n) is 4.76. The van der Waals surface area contributed by atoms with Crippen molar-refractivity contribution in [3.63, 3.8) is 0 Å². The summed E-state index contributed by atoms with van der Waals surface area (Å²) >= 11 is 6.22. The quantitative estimate of drug-likeness (QED) is 0.805. The fraction of sp³-hybridized carbons (Fsp3) is 0.111. The molecule has 0 saturated carbocycles. The van der Waals surface area contributed by atoms with E-state index in [1.54, 1.807) is 30.3 Å². The average molecular weight is 344 g/mol. The number of benzene rings is 2. The molecule has 122 valence electrons. The second kappa shape index (κ2) is 8.04. The van der Waals surface area contributed by atoms with E-state index in [4.69, 9.17) is 31.4 Å². The fourth-order valence-electron chi connectivity index (χ4n) is 2.05. The molecule has 24 heavy (non-hydrogen) atoms. The molecule has 0 aliphatic rings. The van der Waals surface area contributed by atoms with Crippen LogP contribution in [0.5, 0.6) is 11.5 Å². The second-order valence-corrected chi connectivity index (χ2v) is 5.17. The van der Waals surface area contributed by atoms with Gasteiger partial charge in [-0.3, -0.25) is 0 Å². The van der Waals surface area contributed by atoms with Crippen LogP contribution in [0.4, 0.5) is 0 Å². The normalized spacial score (nSPS) is 10.4. The van der Waals surface area contributed by atoms with E-state index in [1.807, 2.05) is 6.07 Å². The molecule has 0 heterocycles. The highest BCUT2D eigenvalue weighted by atomic mass is 35.5. The molecule has 0 radical (unpaired) electrons. The van der Waals surface area contributed by atoms with Crippen LogP contribution in [-0.2, 0) is 11.4 Å². The maximum absolute atomic E-state index is 10.6. The van der Waals surface area contributed by atoms with Crippen molar-refractivity contribution >= 4 is 23.6 Å². The average Bonchev–Trinajstić information content (AvgIpc) is 2.58. The van der Waals surface area contributed by atoms with Crippen LogP contribution in [0.2, 0.25) is 5.02 Å². The van der Waals surface area contributed by atoms with Gasteiger partial charge in [-0.1, -0.05) is 29.8 Å². The minimum absolute atomic E-state index is 0.157. The Bertz CT molecular complexity index is 824. The van der Waals surface area contributed by atoms with Gasteiger partial charge in [0.05, 0.1) is 23.8 Å². The molecule has 2 aromatic rings. The lowest BCUT2D eigenvalue weighted by Crippen LogP contribution is -2.01. The fourth-order valence-corrected chi connectivity index (χ4v) is 2.32. The van der Waals surface area contributed by atoms with Crippen LogP contribution < -0.4 is 9.47 Å². The van der Waals surface area contributed by atoms with Gasteiger partial charge >= 0.3 is 5.97 Å². The minimum atomic E-state index is -1.06. The number of aliphatic carboxylic acids is 1. The summed E-state index contributed by atoms with van der Waals surface area (Å²) < 4.78 is 11.0. The Hall–Kier alpha value is -2.97. The van der Waals surface area contributed by atoms with Crippen molar-refractivity contribution in [2.45, 2.75) is 6.61 Å². The number of methoxy groups -OCH3 is 1. The van der Waals surface area contributed by atoms with Gasteiger partial charge in [-0.15, -0.1) is 0 Å². The molecular formula is C18H14ClNO4. The zero-order valence-electron chi connectivity index (χ0n) is 12.8. The van der Waals surface area contributed by atoms with E-state index in [1.165, 1.54) is 13.2 Å². The molecule has 6 heteroatoms. The Morgan fingerprint density at radius 2 is 2.12 bits per heavy atom. The third kappa shape index (κ3) is 4.28. The lowest BCUT2D eigenvalue weighted by atomic mass is 10.1. The van der Waals surface area contributed by atoms with Crippen molar-refractivity contribution in [2.24, 2.45) is 0 Å². The van der Waals surface area contributed by atoms with Gasteiger partial charge in [-0.05, 0) is 29.8 Å². The first-order chi connectivity index (χ1) is 11.5. The van der Waals surface area contributed by atoms with Crippen LogP contribution in [0, 0.1) is 11.3 Å². The summed E-state index contributed by atoms with van der Waals surface area (Å²) in [7, 11) is 1.46. The van der Waals surface area contributed by atoms with Gasteiger partial charge in [-0.25, -0.2) is 4.79 Å². The number of nitrogens with zero attached hydrogens (tertiary/aromatic N) is 1. The Labute approximate surface area is 144 Å². The Balaban J connectivity index is 2.27. The van der Waals surface area contributed by atoms with E-state index in [0.717, 1.165) is 11.6 Å². The standard InChI is InChI=1S/C18H14ClNO4/c1-23-16-9-12(6-7-17(21)22)8-15(19)18(16)24-11-14-5-3-2-4-13(14)10-20/h2-9H,11H2,1H3,(H,21,22)/b7-6+. The lowest BCUT2D eigenvalue weighted by Gasteiger charge is -2.14. The zero-order chi connectivity index (χ0) is 17.5. The summed E-state index contributed by atoms with van der Waals surface area (Å²) in [6, 6.07) is 12.4. The number of carbonyl (C=O) groups is 1. The lowest BCUT2D eigenvalue weighted by molar-refractivity contribution is -0.131. The summed E-state index contributed by atoms with van der Waals surface area (Å²) in [6.07, 6.45) is 2.42. The Kier molecular flexibility index (Phi) is 5.83. The first-order valence-electron chi connectivity index (χ1n) is 6.94. The molecule has 0 aliphatic heterocycles. The predicted molar refractivity (Wildman–Crippen MR) is 90.2 cm³/mol. The highest BCUT2D eigenvalue weighted by molar-refractivity contribution is 6.32. The smallest absolute Gasteiger partial charge is 0.328 e. The third-order valence-corrected chi connectivity index (χ3v) is 3.46. The van der Waals surface area contributed by atoms with Gasteiger partial charge in [-0.2, -0.15) is 5.26 Å². The number of carboxylic acid groups (broad SMARTS) is 1. The molecule has 0 unspecified atom stereocenters. The summed E-state index contributed by atoms with van der Waals surface area (Å²) in [5.74, 6) is -0.347. The van der Waals surface area contributed by atoms with E-state index >= 15 is 0 Å². The van der Waals surface area contributed by atoms with Crippen molar-refractivity contribution in [1.82, 2.24) is 0 Å². The molecule has 0 aliphatic carbocycles. The summed E-state index contributed by atoms with van der Waals surface area (Å²) in [5.41, 5.74) is 1.82. The van der Waals surface area contributed by atoms with Crippen molar-refractivity contribution in [1.29, 1.82) is 5.26 Å². The first-order valence-corrected chi connectivity index (χ1v) is 7.32. The van der Waals surface area contributed by atoms with Crippen molar-refractivity contribution in [3.8, 4) is 17.6 Å². The van der Waals surface area contributed by atoms with E-state index in [0.29, 0.717) is 22.6 Å². The van der Waals surface area contributed by atoms with Crippen LogP contribution in [-0.4, -0.2) is 18.2 Å². The Morgan fingerprint density at radius 3 is 2.79 bits per heavy atom. The maximum atomic E-state index is 10.6. The van der Waals surface area contributed by atoms with Crippen LogP contribution in [0.3, 0.4) is 0 Å². The number of nitriles is 1. The third-order valence-electron chi connectivity index (χ3n) is 3.18. The topological polar surface area (TPSA) is 79.6 Å². The van der Waals surface area contributed by atoms with Gasteiger partial charge in [0.25, 0.3) is 0 Å². The summed E-state index contributed by atoms with van der Waals surface area (Å²) in [5, 5.41) is 18.1. The molecule has 0 bridgehead atoms. The molecule has 2 rings (SSSR count). The summed E-state index contributed by atoms with van der Waals surface area (Å²) in [6.45, 7) is 0.157. The SMILES string of the molecule is COc1cc(/C=C/C(=O)O)cc(Cl)c1OCc1ccccc1C#N. The highest BCUT2D eigenvalue weighted by Gasteiger charge is 2.12. The van der Waals surface area contributed by atoms with E-state index < -0.39 is 5.97 Å². The van der Waals surface area contributed by atoms with E-state index in [2.05, 4.69) is 6.07 Å². The molecule has 0 aromatic heterocycles. The molecular weight excluding hydrogens is 330 g/mol. The molecule has 0 amide bonds. The van der Waals surface area contributed by atoms with Crippen molar-refractivity contribution in [3.05, 3.63) is 64.2 Å². The van der Waals surface area contributed by atoms with Crippen LogP contribution in [0.15, 0.2) is 42.5 Å². The van der Waals surface area contributed by atoms with Crippen LogP contribution >= 0.6 is 11.6 Å². The van der Waals surface area contributed by atoms with Crippen molar-refractivity contribution in [2.75, 3.05) is 7.11 Å². The molecule has 1 N–H and O–H groups in total. The largest absolute Gasteiger partial charge is 0.493 e. The highest BCUT2D eigenvalue weighted by Crippen LogP contribution is 2.37. The van der Waals surface area contributed by atoms with Gasteiger partial charge < -0.3 is 14.6 Å². The first kappa shape index (κ1) is 17.4. The number of rotatable bonds is 6. The van der Waals surface area contributed by atoms with Crippen LogP contribution in [0.25, 0.3) is 6.08 Å². The number of hydrogen-bond donors (Lipinski definition) is 1. The molecule has 0 atom stereocenters. The van der Waals surface area contributed by atoms with Crippen molar-refractivity contribution < 1.29 is 19.4 Å². The number of halogens is 1. The van der Waals surface area contributed by atoms with Gasteiger partial charge in [0, 0.05) is 11.6 Å². The summed E-state index contributed by atoms with van der Waals surface area (Å²) in [4.78, 5) is 10.6.